The molecule has 2 aliphatic heterocycles. The number of halogens is 1. The summed E-state index contributed by atoms with van der Waals surface area (Å²) in [6.07, 6.45) is 6.57. The Morgan fingerprint density at radius 1 is 1.25 bits per heavy atom. The largest absolute Gasteiger partial charge is 0.381 e. The fraction of sp³-hybridized carbons (Fsp3) is 0.444. The second-order valence-corrected chi connectivity index (χ2v) is 11.4. The zero-order valence-electron chi connectivity index (χ0n) is 20.2. The number of benzene rings is 2. The van der Waals surface area contributed by atoms with Crippen LogP contribution in [-0.2, 0) is 36.4 Å². The van der Waals surface area contributed by atoms with Crippen LogP contribution in [0.4, 0.5) is 4.39 Å². The molecule has 1 unspecified atom stereocenters. The van der Waals surface area contributed by atoms with Gasteiger partial charge in [0.15, 0.2) is 0 Å². The summed E-state index contributed by atoms with van der Waals surface area (Å²) < 4.78 is 55.4. The zero-order valence-corrected chi connectivity index (χ0v) is 21.0. The smallest absolute Gasteiger partial charge is 0.246 e. The summed E-state index contributed by atoms with van der Waals surface area (Å²) in [5, 5.41) is -0.736. The van der Waals surface area contributed by atoms with Gasteiger partial charge in [-0.15, -0.1) is 6.42 Å². The van der Waals surface area contributed by atoms with Crippen LogP contribution >= 0.6 is 0 Å². The van der Waals surface area contributed by atoms with E-state index in [1.807, 2.05) is 6.07 Å². The molecule has 192 valence electrons. The Bertz CT molecular complexity index is 1240. The number of hydrogen-bond acceptors (Lipinski definition) is 5. The van der Waals surface area contributed by atoms with E-state index in [1.54, 1.807) is 43.3 Å². The summed E-state index contributed by atoms with van der Waals surface area (Å²) in [4.78, 5) is 11.7. The maximum Gasteiger partial charge on any atom is 0.246 e. The number of nitrogens with zero attached hydrogens (tertiary/aromatic N) is 1. The molecule has 0 aliphatic carbocycles. The number of rotatable bonds is 7. The fourth-order valence-electron chi connectivity index (χ4n) is 5.01. The van der Waals surface area contributed by atoms with E-state index in [0.29, 0.717) is 50.0 Å². The lowest BCUT2D eigenvalue weighted by Crippen LogP contribution is -2.45. The molecule has 36 heavy (non-hydrogen) atoms. The monoisotopic (exact) mass is 514 g/mol. The predicted octanol–water partition coefficient (Wildman–Crippen LogP) is 3.39. The highest BCUT2D eigenvalue weighted by molar-refractivity contribution is 7.89. The molecule has 2 aromatic rings. The molecule has 2 N–H and O–H groups in total. The summed E-state index contributed by atoms with van der Waals surface area (Å²) in [6, 6.07) is 13.0. The van der Waals surface area contributed by atoms with Gasteiger partial charge in [0.2, 0.25) is 15.9 Å². The Balaban J connectivity index is 1.64. The first kappa shape index (κ1) is 26.3. The van der Waals surface area contributed by atoms with E-state index in [2.05, 4.69) is 5.92 Å². The molecule has 0 spiro atoms. The molecule has 2 fully saturated rings. The first-order valence-corrected chi connectivity index (χ1v) is 13.5. The molecule has 2 aromatic carbocycles. The summed E-state index contributed by atoms with van der Waals surface area (Å²) in [5.41, 5.74) is 5.93. The number of sulfonamides is 1. The standard InChI is InChI=1S/C27H31FN2O5S/c1-3-23-11-12-25(20-7-5-4-6-8-20)36(32,33)30(23)18-21-9-10-22(17-24(21)28)27(13-15-34-16-14-27)35-19(2)26(29)31/h1,4-10,17,19,23,25H,11-16,18H2,2H3,(H2,29,31)/t19?,23-,25+/m0/s1. The lowest BCUT2D eigenvalue weighted by Gasteiger charge is -2.39. The molecule has 0 aromatic heterocycles. The lowest BCUT2D eigenvalue weighted by atomic mass is 9.85. The molecule has 9 heteroatoms. The van der Waals surface area contributed by atoms with Gasteiger partial charge in [0.05, 0.1) is 11.6 Å². The summed E-state index contributed by atoms with van der Waals surface area (Å²) >= 11 is 0. The molecule has 4 rings (SSSR count). The molecule has 2 saturated heterocycles. The number of ether oxygens (including phenoxy) is 2. The van der Waals surface area contributed by atoms with Crippen molar-refractivity contribution < 1.29 is 27.1 Å². The van der Waals surface area contributed by atoms with Crippen LogP contribution in [0.2, 0.25) is 0 Å². The first-order chi connectivity index (χ1) is 17.2. The molecule has 3 atom stereocenters. The van der Waals surface area contributed by atoms with E-state index >= 15 is 4.39 Å². The number of nitrogens with two attached hydrogens (primary N) is 1. The molecular formula is C27H31FN2O5S. The lowest BCUT2D eigenvalue weighted by molar-refractivity contribution is -0.161. The van der Waals surface area contributed by atoms with Gasteiger partial charge in [0.25, 0.3) is 0 Å². The summed E-state index contributed by atoms with van der Waals surface area (Å²) in [5.74, 6) is 1.39. The highest BCUT2D eigenvalue weighted by atomic mass is 32.2. The van der Waals surface area contributed by atoms with E-state index in [1.165, 1.54) is 10.4 Å². The highest BCUT2D eigenvalue weighted by Gasteiger charge is 2.42. The second-order valence-electron chi connectivity index (χ2n) is 9.32. The molecule has 2 aliphatic rings. The van der Waals surface area contributed by atoms with Crippen molar-refractivity contribution in [1.82, 2.24) is 4.31 Å². The van der Waals surface area contributed by atoms with Crippen LogP contribution in [0.15, 0.2) is 48.5 Å². The topological polar surface area (TPSA) is 98.9 Å². The zero-order chi connectivity index (χ0) is 25.9. The quantitative estimate of drug-likeness (QED) is 0.571. The van der Waals surface area contributed by atoms with E-state index < -0.39 is 44.7 Å². The Morgan fingerprint density at radius 2 is 1.94 bits per heavy atom. The van der Waals surface area contributed by atoms with E-state index in [0.717, 1.165) is 0 Å². The van der Waals surface area contributed by atoms with Gasteiger partial charge in [-0.25, -0.2) is 12.8 Å². The van der Waals surface area contributed by atoms with E-state index in [-0.39, 0.29) is 12.1 Å². The third kappa shape index (κ3) is 5.18. The maximum atomic E-state index is 15.5. The van der Waals surface area contributed by atoms with Crippen LogP contribution in [0.1, 0.15) is 54.5 Å². The Labute approximate surface area is 211 Å². The minimum absolute atomic E-state index is 0.179. The van der Waals surface area contributed by atoms with Crippen molar-refractivity contribution in [2.45, 2.75) is 62.1 Å². The minimum atomic E-state index is -3.83. The average Bonchev–Trinajstić information content (AvgIpc) is 2.86. The van der Waals surface area contributed by atoms with E-state index in [9.17, 15) is 13.2 Å². The number of carbonyl (C=O) groups is 1. The first-order valence-electron chi connectivity index (χ1n) is 12.0. The van der Waals surface area contributed by atoms with Gasteiger partial charge in [-0.2, -0.15) is 4.31 Å². The van der Waals surface area contributed by atoms with Crippen LogP contribution in [0.5, 0.6) is 0 Å². The normalized spacial score (nSPS) is 24.5. The number of amides is 1. The molecule has 2 heterocycles. The molecule has 0 bridgehead atoms. The van der Waals surface area contributed by atoms with E-state index in [4.69, 9.17) is 21.6 Å². The number of terminal acetylenes is 1. The molecule has 0 radical (unpaired) electrons. The Hall–Kier alpha value is -2.77. The van der Waals surface area contributed by atoms with Gasteiger partial charge in [0.1, 0.15) is 17.2 Å². The minimum Gasteiger partial charge on any atom is -0.381 e. The van der Waals surface area contributed by atoms with Gasteiger partial charge in [-0.3, -0.25) is 4.79 Å². The number of carbonyl (C=O) groups excluding carboxylic acids is 1. The van der Waals surface area contributed by atoms with Crippen LogP contribution in [0.3, 0.4) is 0 Å². The van der Waals surface area contributed by atoms with Crippen molar-refractivity contribution in [1.29, 1.82) is 0 Å². The Kier molecular flexibility index (Phi) is 7.81. The average molecular weight is 515 g/mol. The second kappa shape index (κ2) is 10.7. The van der Waals surface area contributed by atoms with Crippen LogP contribution in [0, 0.1) is 18.2 Å². The van der Waals surface area contributed by atoms with Crippen molar-refractivity contribution in [2.24, 2.45) is 5.73 Å². The van der Waals surface area contributed by atoms with Crippen molar-refractivity contribution in [3.05, 3.63) is 71.0 Å². The molecule has 7 nitrogen and oxygen atoms in total. The van der Waals surface area contributed by atoms with Crippen molar-refractivity contribution in [3.8, 4) is 12.3 Å². The highest BCUT2D eigenvalue weighted by Crippen LogP contribution is 2.40. The van der Waals surface area contributed by atoms with Crippen LogP contribution < -0.4 is 5.73 Å². The van der Waals surface area contributed by atoms with Gasteiger partial charge >= 0.3 is 0 Å². The Morgan fingerprint density at radius 3 is 2.56 bits per heavy atom. The SMILES string of the molecule is C#C[C@H]1CC[C@H](c2ccccc2)S(=O)(=O)N1Cc1ccc(C2(OC(C)C(N)=O)CCOCC2)cc1F. The maximum absolute atomic E-state index is 15.5. The van der Waals surface area contributed by atoms with Gasteiger partial charge in [-0.05, 0) is 37.0 Å². The van der Waals surface area contributed by atoms with Gasteiger partial charge < -0.3 is 15.2 Å². The third-order valence-electron chi connectivity index (χ3n) is 7.11. The van der Waals surface area contributed by atoms with Crippen molar-refractivity contribution in [2.75, 3.05) is 13.2 Å². The summed E-state index contributed by atoms with van der Waals surface area (Å²) in [6.45, 7) is 2.17. The number of primary amides is 1. The third-order valence-corrected chi connectivity index (χ3v) is 9.37. The van der Waals surface area contributed by atoms with Crippen molar-refractivity contribution in [3.63, 3.8) is 0 Å². The number of hydrogen-bond donors (Lipinski definition) is 1. The van der Waals surface area contributed by atoms with Gasteiger partial charge in [-0.1, -0.05) is 48.4 Å². The summed E-state index contributed by atoms with van der Waals surface area (Å²) in [7, 11) is -3.83. The van der Waals surface area contributed by atoms with Crippen LogP contribution in [-0.4, -0.2) is 44.0 Å². The molecular weight excluding hydrogens is 483 g/mol. The predicted molar refractivity (Wildman–Crippen MR) is 133 cm³/mol. The van der Waals surface area contributed by atoms with Crippen LogP contribution in [0.25, 0.3) is 0 Å². The molecule has 1 amide bonds. The van der Waals surface area contributed by atoms with Crippen molar-refractivity contribution >= 4 is 15.9 Å². The van der Waals surface area contributed by atoms with Gasteiger partial charge in [0, 0.05) is 38.2 Å². The fourth-order valence-corrected chi connectivity index (χ4v) is 7.12. The molecule has 0 saturated carbocycles.